The van der Waals surface area contributed by atoms with Gasteiger partial charge in [-0.15, -0.1) is 0 Å². The van der Waals surface area contributed by atoms with Gasteiger partial charge in [0.2, 0.25) is 0 Å². The summed E-state index contributed by atoms with van der Waals surface area (Å²) in [6.45, 7) is 19.8. The Morgan fingerprint density at radius 2 is 1.72 bits per heavy atom. The van der Waals surface area contributed by atoms with Crippen LogP contribution in [0.25, 0.3) is 0 Å². The first-order valence-corrected chi connectivity index (χ1v) is 16.4. The molecule has 0 aliphatic heterocycles. The number of Topliss-reactive ketones (excluding diaryl/α,β-unsaturated/α-hetero) is 2. The molecule has 5 heteroatoms. The van der Waals surface area contributed by atoms with Crippen LogP contribution in [-0.2, 0) is 10.2 Å². The van der Waals surface area contributed by atoms with Crippen molar-refractivity contribution < 1.29 is 24.9 Å². The molecule has 0 unspecified atom stereocenters. The molecule has 4 aliphatic rings. The lowest BCUT2D eigenvalue weighted by Gasteiger charge is -2.63. The molecule has 0 radical (unpaired) electrons. The smallest absolute Gasteiger partial charge is 0.193 e. The highest BCUT2D eigenvalue weighted by Crippen LogP contribution is 2.69. The van der Waals surface area contributed by atoms with E-state index in [0.29, 0.717) is 5.56 Å². The molecule has 5 rings (SSSR count). The number of carbonyl (C=O) groups excluding carboxylic acids is 2. The van der Waals surface area contributed by atoms with Crippen LogP contribution in [0.5, 0.6) is 0 Å². The van der Waals surface area contributed by atoms with Crippen LogP contribution in [-0.4, -0.2) is 32.5 Å². The predicted octanol–water partition coefficient (Wildman–Crippen LogP) is 8.89. The molecule has 43 heavy (non-hydrogen) atoms. The summed E-state index contributed by atoms with van der Waals surface area (Å²) in [6.07, 6.45) is 10.2. The zero-order valence-corrected chi connectivity index (χ0v) is 27.6. The highest BCUT2D eigenvalue weighted by atomic mass is 16.3. The van der Waals surface area contributed by atoms with Gasteiger partial charge in [-0.25, -0.2) is 0 Å². The molecule has 0 amide bonds. The second-order valence-electron chi connectivity index (χ2n) is 15.4. The molecule has 1 aromatic carbocycles. The van der Waals surface area contributed by atoms with Gasteiger partial charge in [0, 0.05) is 28.4 Å². The van der Waals surface area contributed by atoms with Crippen molar-refractivity contribution in [3.8, 4) is 0 Å². The van der Waals surface area contributed by atoms with E-state index in [1.165, 1.54) is 45.4 Å². The number of allylic oxidation sites excluding steroid dienone is 2. The molecule has 0 bridgehead atoms. The van der Waals surface area contributed by atoms with E-state index >= 15 is 0 Å². The summed E-state index contributed by atoms with van der Waals surface area (Å²) >= 11 is 0. The first-order chi connectivity index (χ1) is 20.0. The van der Waals surface area contributed by atoms with Crippen LogP contribution in [0.15, 0.2) is 46.9 Å². The molecule has 1 fully saturated rings. The van der Waals surface area contributed by atoms with Crippen LogP contribution >= 0.6 is 0 Å². The van der Waals surface area contributed by atoms with Crippen molar-refractivity contribution >= 4 is 11.6 Å². The van der Waals surface area contributed by atoms with Gasteiger partial charge in [-0.2, -0.15) is 0 Å². The van der Waals surface area contributed by atoms with E-state index in [1.807, 2.05) is 27.7 Å². The van der Waals surface area contributed by atoms with Crippen molar-refractivity contribution in [2.75, 3.05) is 0 Å². The summed E-state index contributed by atoms with van der Waals surface area (Å²) in [5, 5.41) is 35.5. The molecule has 0 heterocycles. The number of benzene rings is 1. The molecular weight excluding hydrogens is 536 g/mol. The molecule has 4 aliphatic carbocycles. The Morgan fingerprint density at radius 3 is 2.33 bits per heavy atom. The van der Waals surface area contributed by atoms with Gasteiger partial charge in [-0.1, -0.05) is 105 Å². The zero-order chi connectivity index (χ0) is 31.9. The number of rotatable bonds is 6. The van der Waals surface area contributed by atoms with E-state index in [1.54, 1.807) is 0 Å². The SMILES string of the molecule is C=C1C(C(C)=O)=C(O)C[C@@]2(C)[C@H](C)[C@]3(C)C(=C(O)[C@@]12O)C(=O)c1c(ccc(C(C)(C)CCCC2CCCCC2)c1C)[C@H]3C. The minimum absolute atomic E-state index is 0.00763. The van der Waals surface area contributed by atoms with Gasteiger partial charge in [-0.05, 0) is 65.7 Å². The summed E-state index contributed by atoms with van der Waals surface area (Å²) in [5.74, 6) is -0.913. The fraction of sp³-hybridized carbons (Fsp3) is 0.632. The first-order valence-electron chi connectivity index (χ1n) is 16.4. The lowest BCUT2D eigenvalue weighted by Crippen LogP contribution is -2.65. The maximum atomic E-state index is 14.7. The highest BCUT2D eigenvalue weighted by molar-refractivity contribution is 6.14. The third kappa shape index (κ3) is 4.27. The van der Waals surface area contributed by atoms with Crippen LogP contribution in [0.2, 0.25) is 0 Å². The Labute approximate surface area is 258 Å². The van der Waals surface area contributed by atoms with Gasteiger partial charge in [0.1, 0.15) is 11.5 Å². The second-order valence-corrected chi connectivity index (χ2v) is 15.4. The molecule has 1 saturated carbocycles. The Morgan fingerprint density at radius 1 is 1.09 bits per heavy atom. The quantitative estimate of drug-likeness (QED) is 0.308. The fourth-order valence-electron chi connectivity index (χ4n) is 9.84. The summed E-state index contributed by atoms with van der Waals surface area (Å²) < 4.78 is 0. The largest absolute Gasteiger partial charge is 0.512 e. The summed E-state index contributed by atoms with van der Waals surface area (Å²) in [4.78, 5) is 27.2. The van der Waals surface area contributed by atoms with E-state index in [9.17, 15) is 24.9 Å². The number of aliphatic hydroxyl groups is 3. The van der Waals surface area contributed by atoms with Gasteiger partial charge in [0.05, 0.1) is 5.57 Å². The highest BCUT2D eigenvalue weighted by Gasteiger charge is 2.69. The Bertz CT molecular complexity index is 1450. The van der Waals surface area contributed by atoms with Crippen molar-refractivity contribution in [1.29, 1.82) is 0 Å². The van der Waals surface area contributed by atoms with E-state index in [4.69, 9.17) is 0 Å². The standard InChI is InChI=1S/C38H52O5/c1-21-28(35(6,7)19-13-16-26-14-11-10-12-15-26)18-17-27-22(2)37(9)25(5)36(8)20-29(40)31(24(4)39)23(3)38(36,43)34(42)32(37)33(41)30(21)27/h17-18,22,25-26,40,42-43H,3,10-16,19-20H2,1-2,4-9H3/t22-,25+,36+,37-,38+/m1/s1. The average molecular weight is 589 g/mol. The predicted molar refractivity (Wildman–Crippen MR) is 171 cm³/mol. The number of hydrogen-bond acceptors (Lipinski definition) is 5. The van der Waals surface area contributed by atoms with E-state index in [0.717, 1.165) is 35.4 Å². The normalized spacial score (nSPS) is 33.3. The van der Waals surface area contributed by atoms with Crippen LogP contribution in [0.4, 0.5) is 0 Å². The maximum absolute atomic E-state index is 14.7. The summed E-state index contributed by atoms with van der Waals surface area (Å²) in [7, 11) is 0. The zero-order valence-electron chi connectivity index (χ0n) is 27.6. The van der Waals surface area contributed by atoms with E-state index in [2.05, 4.69) is 39.5 Å². The van der Waals surface area contributed by atoms with Crippen molar-refractivity contribution in [2.24, 2.45) is 22.7 Å². The average Bonchev–Trinajstić information content (AvgIpc) is 2.93. The van der Waals surface area contributed by atoms with E-state index < -0.39 is 28.0 Å². The van der Waals surface area contributed by atoms with Gasteiger partial charge < -0.3 is 15.3 Å². The van der Waals surface area contributed by atoms with Gasteiger partial charge in [0.15, 0.2) is 17.2 Å². The lowest BCUT2D eigenvalue weighted by molar-refractivity contribution is -0.130. The molecule has 3 N–H and O–H groups in total. The minimum Gasteiger partial charge on any atom is -0.512 e. The van der Waals surface area contributed by atoms with Gasteiger partial charge in [0.25, 0.3) is 0 Å². The van der Waals surface area contributed by atoms with Crippen LogP contribution in [0.3, 0.4) is 0 Å². The van der Waals surface area contributed by atoms with Gasteiger partial charge in [-0.3, -0.25) is 9.59 Å². The summed E-state index contributed by atoms with van der Waals surface area (Å²) in [6, 6.07) is 4.32. The van der Waals surface area contributed by atoms with E-state index in [-0.39, 0.29) is 51.9 Å². The van der Waals surface area contributed by atoms with Crippen molar-refractivity contribution in [2.45, 2.75) is 130 Å². The molecule has 1 aromatic rings. The maximum Gasteiger partial charge on any atom is 0.193 e. The van der Waals surface area contributed by atoms with Crippen LogP contribution < -0.4 is 0 Å². The Balaban J connectivity index is 1.60. The van der Waals surface area contributed by atoms with Gasteiger partial charge >= 0.3 is 0 Å². The number of aliphatic hydroxyl groups excluding tert-OH is 2. The lowest BCUT2D eigenvalue weighted by atomic mass is 9.41. The Hall–Kier alpha value is -2.66. The third-order valence-corrected chi connectivity index (χ3v) is 12.9. The van der Waals surface area contributed by atoms with Crippen molar-refractivity contribution in [3.63, 3.8) is 0 Å². The first kappa shape index (κ1) is 31.8. The van der Waals surface area contributed by atoms with Crippen LogP contribution in [0.1, 0.15) is 139 Å². The topological polar surface area (TPSA) is 94.8 Å². The van der Waals surface area contributed by atoms with Crippen molar-refractivity contribution in [1.82, 2.24) is 0 Å². The van der Waals surface area contributed by atoms with Crippen LogP contribution in [0, 0.1) is 29.6 Å². The fourth-order valence-corrected chi connectivity index (χ4v) is 9.84. The number of ketones is 2. The third-order valence-electron chi connectivity index (χ3n) is 12.9. The molecular formula is C38H52O5. The van der Waals surface area contributed by atoms with Crippen molar-refractivity contribution in [3.05, 3.63) is 69.2 Å². The minimum atomic E-state index is -2.06. The molecule has 5 nitrogen and oxygen atoms in total. The molecule has 234 valence electrons. The second kappa shape index (κ2) is 10.5. The molecule has 0 aromatic heterocycles. The molecule has 0 spiro atoms. The number of carbonyl (C=O) groups is 2. The summed E-state index contributed by atoms with van der Waals surface area (Å²) in [5.41, 5.74) is -0.332. The monoisotopic (exact) mass is 588 g/mol. The molecule has 0 saturated heterocycles. The number of fused-ring (bicyclic) bond motifs is 3. The number of hydrogen-bond donors (Lipinski definition) is 3. The Kier molecular flexibility index (Phi) is 7.73. The molecule has 5 atom stereocenters.